The van der Waals surface area contributed by atoms with Gasteiger partial charge in [0.15, 0.2) is 0 Å². The number of hydrogen-bond acceptors (Lipinski definition) is 3. The molecule has 4 heteroatoms. The summed E-state index contributed by atoms with van der Waals surface area (Å²) < 4.78 is 0.776. The molecule has 0 saturated carbocycles. The van der Waals surface area contributed by atoms with Crippen molar-refractivity contribution < 1.29 is 0 Å². The summed E-state index contributed by atoms with van der Waals surface area (Å²) in [7, 11) is 0. The minimum absolute atomic E-state index is 0.776. The second-order valence-corrected chi connectivity index (χ2v) is 6.41. The third-order valence-electron chi connectivity index (χ3n) is 3.59. The molecule has 0 bridgehead atoms. The lowest BCUT2D eigenvalue weighted by atomic mass is 10.0. The average molecular weight is 288 g/mol. The molecule has 0 fully saturated rings. The zero-order valence-corrected chi connectivity index (χ0v) is 12.8. The summed E-state index contributed by atoms with van der Waals surface area (Å²) in [4.78, 5) is 7.99. The number of aryl methyl sites for hydroxylation is 2. The zero-order chi connectivity index (χ0) is 13.4. The quantitative estimate of drug-likeness (QED) is 0.844. The normalized spacial score (nSPS) is 13.6. The van der Waals surface area contributed by atoms with Gasteiger partial charge in [0.25, 0.3) is 0 Å². The number of hydrogen-bond donors (Lipinski definition) is 1. The average Bonchev–Trinajstić information content (AvgIpc) is 2.82. The third kappa shape index (κ3) is 2.60. The van der Waals surface area contributed by atoms with Gasteiger partial charge in [-0.25, -0.2) is 4.98 Å². The Morgan fingerprint density at radius 1 is 1.26 bits per heavy atom. The summed E-state index contributed by atoms with van der Waals surface area (Å²) in [5, 5.41) is 0. The number of aromatic nitrogens is 2. The van der Waals surface area contributed by atoms with E-state index in [1.54, 1.807) is 0 Å². The summed E-state index contributed by atoms with van der Waals surface area (Å²) in [5.41, 5.74) is 6.43. The molecule has 19 heavy (non-hydrogen) atoms. The lowest BCUT2D eigenvalue weighted by molar-refractivity contribution is 0.917. The number of rotatable bonds is 2. The van der Waals surface area contributed by atoms with E-state index in [1.807, 2.05) is 11.8 Å². The Morgan fingerprint density at radius 2 is 2.11 bits per heavy atom. The van der Waals surface area contributed by atoms with E-state index in [4.69, 9.17) is 12.2 Å². The maximum Gasteiger partial charge on any atom is 0.134 e. The summed E-state index contributed by atoms with van der Waals surface area (Å²) >= 11 is 7.28. The van der Waals surface area contributed by atoms with Gasteiger partial charge in [-0.2, -0.15) is 11.8 Å². The van der Waals surface area contributed by atoms with Crippen molar-refractivity contribution in [1.82, 2.24) is 9.97 Å². The second kappa shape index (κ2) is 5.10. The number of nitrogens with zero attached hydrogens (tertiary/aromatic N) is 1. The van der Waals surface area contributed by atoms with Crippen LogP contribution in [0.3, 0.4) is 0 Å². The van der Waals surface area contributed by atoms with E-state index >= 15 is 0 Å². The highest BCUT2D eigenvalue weighted by Gasteiger charge is 2.15. The molecule has 0 radical (unpaired) electrons. The van der Waals surface area contributed by atoms with Gasteiger partial charge < -0.3 is 4.98 Å². The van der Waals surface area contributed by atoms with E-state index in [1.165, 1.54) is 27.9 Å². The van der Waals surface area contributed by atoms with Gasteiger partial charge in [0, 0.05) is 29.2 Å². The van der Waals surface area contributed by atoms with E-state index in [0.717, 1.165) is 28.4 Å². The molecule has 2 aromatic rings. The Hall–Kier alpha value is -1.13. The molecule has 0 saturated heterocycles. The third-order valence-corrected chi connectivity index (χ3v) is 4.91. The van der Waals surface area contributed by atoms with Gasteiger partial charge >= 0.3 is 0 Å². The number of aromatic amines is 1. The van der Waals surface area contributed by atoms with E-state index in [9.17, 15) is 0 Å². The topological polar surface area (TPSA) is 28.7 Å². The summed E-state index contributed by atoms with van der Waals surface area (Å²) in [6.07, 6.45) is 0.822. The van der Waals surface area contributed by atoms with Gasteiger partial charge in [-0.05, 0) is 30.5 Å². The first-order valence-corrected chi connectivity index (χ1v) is 7.94. The fourth-order valence-corrected chi connectivity index (χ4v) is 3.78. The maximum absolute atomic E-state index is 5.38. The van der Waals surface area contributed by atoms with Crippen molar-refractivity contribution in [3.8, 4) is 0 Å². The molecule has 0 amide bonds. The summed E-state index contributed by atoms with van der Waals surface area (Å²) in [6, 6.07) is 6.57. The Morgan fingerprint density at radius 3 is 2.89 bits per heavy atom. The number of nitrogens with one attached hydrogen (secondary N) is 1. The first-order valence-electron chi connectivity index (χ1n) is 6.38. The van der Waals surface area contributed by atoms with E-state index in [-0.39, 0.29) is 0 Å². The van der Waals surface area contributed by atoms with Crippen molar-refractivity contribution in [3.63, 3.8) is 0 Å². The SMILES string of the molecule is Cc1ccc(Cc2nc(=S)c3c([nH]2)CSC3)cc1C. The van der Waals surface area contributed by atoms with Crippen molar-refractivity contribution in [1.29, 1.82) is 0 Å². The molecule has 0 unspecified atom stereocenters. The highest BCUT2D eigenvalue weighted by Crippen LogP contribution is 2.28. The molecule has 2 heterocycles. The fraction of sp³-hybridized carbons (Fsp3) is 0.333. The van der Waals surface area contributed by atoms with Crippen LogP contribution in [0.5, 0.6) is 0 Å². The van der Waals surface area contributed by atoms with E-state index in [2.05, 4.69) is 42.0 Å². The molecule has 3 rings (SSSR count). The van der Waals surface area contributed by atoms with Crippen LogP contribution in [0.4, 0.5) is 0 Å². The standard InChI is InChI=1S/C15H16N2S2/c1-9-3-4-11(5-10(9)2)6-14-16-13-8-19-7-12(13)15(18)17-14/h3-5H,6-8H2,1-2H3,(H,16,17,18). The van der Waals surface area contributed by atoms with Gasteiger partial charge in [-0.1, -0.05) is 30.4 Å². The monoisotopic (exact) mass is 288 g/mol. The molecular formula is C15H16N2S2. The van der Waals surface area contributed by atoms with Crippen LogP contribution in [0.15, 0.2) is 18.2 Å². The minimum atomic E-state index is 0.776. The first-order chi connectivity index (χ1) is 9.13. The molecule has 0 aliphatic carbocycles. The first kappa shape index (κ1) is 12.9. The molecule has 1 aliphatic heterocycles. The predicted molar refractivity (Wildman–Crippen MR) is 83.1 cm³/mol. The summed E-state index contributed by atoms with van der Waals surface area (Å²) in [5.74, 6) is 3.01. The Bertz CT molecular complexity index is 689. The van der Waals surface area contributed by atoms with Gasteiger partial charge in [0.1, 0.15) is 10.5 Å². The Balaban J connectivity index is 1.93. The fourth-order valence-electron chi connectivity index (χ4n) is 2.31. The van der Waals surface area contributed by atoms with Gasteiger partial charge in [-0.15, -0.1) is 0 Å². The van der Waals surface area contributed by atoms with Crippen LogP contribution in [0.2, 0.25) is 0 Å². The largest absolute Gasteiger partial charge is 0.346 e. The molecule has 1 aromatic heterocycles. The number of thioether (sulfide) groups is 1. The molecule has 1 N–H and O–H groups in total. The molecule has 98 valence electrons. The van der Waals surface area contributed by atoms with Crippen molar-refractivity contribution in [2.75, 3.05) is 0 Å². The number of benzene rings is 1. The molecule has 0 spiro atoms. The van der Waals surface area contributed by atoms with Crippen molar-refractivity contribution in [2.24, 2.45) is 0 Å². The molecular weight excluding hydrogens is 272 g/mol. The van der Waals surface area contributed by atoms with Crippen LogP contribution in [-0.4, -0.2) is 9.97 Å². The lowest BCUT2D eigenvalue weighted by Crippen LogP contribution is -2.02. The van der Waals surface area contributed by atoms with Crippen molar-refractivity contribution >= 4 is 24.0 Å². The van der Waals surface area contributed by atoms with Gasteiger partial charge in [0.2, 0.25) is 0 Å². The highest BCUT2D eigenvalue weighted by molar-refractivity contribution is 7.98. The molecule has 1 aromatic carbocycles. The van der Waals surface area contributed by atoms with Crippen LogP contribution in [0, 0.1) is 18.5 Å². The molecule has 1 aliphatic rings. The van der Waals surface area contributed by atoms with Gasteiger partial charge in [0.05, 0.1) is 0 Å². The van der Waals surface area contributed by atoms with E-state index in [0.29, 0.717) is 0 Å². The Kier molecular flexibility index (Phi) is 3.46. The predicted octanol–water partition coefficient (Wildman–Crippen LogP) is 4.09. The minimum Gasteiger partial charge on any atom is -0.346 e. The zero-order valence-electron chi connectivity index (χ0n) is 11.1. The molecule has 2 nitrogen and oxygen atoms in total. The van der Waals surface area contributed by atoms with Crippen LogP contribution in [-0.2, 0) is 17.9 Å². The van der Waals surface area contributed by atoms with Crippen LogP contribution in [0.1, 0.15) is 33.8 Å². The Labute approximate surface area is 122 Å². The smallest absolute Gasteiger partial charge is 0.134 e. The van der Waals surface area contributed by atoms with Crippen molar-refractivity contribution in [2.45, 2.75) is 31.8 Å². The van der Waals surface area contributed by atoms with E-state index < -0.39 is 0 Å². The maximum atomic E-state index is 5.38. The molecule has 0 atom stereocenters. The van der Waals surface area contributed by atoms with Gasteiger partial charge in [-0.3, -0.25) is 0 Å². The number of H-pyrrole nitrogens is 1. The highest BCUT2D eigenvalue weighted by atomic mass is 32.2. The van der Waals surface area contributed by atoms with Crippen LogP contribution in [0.25, 0.3) is 0 Å². The van der Waals surface area contributed by atoms with Crippen LogP contribution < -0.4 is 0 Å². The lowest BCUT2D eigenvalue weighted by Gasteiger charge is -2.07. The number of fused-ring (bicyclic) bond motifs is 1. The van der Waals surface area contributed by atoms with Crippen molar-refractivity contribution in [3.05, 3.63) is 56.6 Å². The van der Waals surface area contributed by atoms with Crippen LogP contribution >= 0.6 is 24.0 Å². The summed E-state index contributed by atoms with van der Waals surface area (Å²) in [6.45, 7) is 4.28. The second-order valence-electron chi connectivity index (χ2n) is 5.03.